The van der Waals surface area contributed by atoms with Crippen LogP contribution in [0, 0.1) is 0 Å². The van der Waals surface area contributed by atoms with Crippen LogP contribution in [-0.2, 0) is 0 Å². The predicted molar refractivity (Wildman–Crippen MR) is 28.3 cm³/mol. The van der Waals surface area contributed by atoms with Crippen molar-refractivity contribution in [1.82, 2.24) is 0 Å². The van der Waals surface area contributed by atoms with Gasteiger partial charge in [-0.25, -0.2) is 0 Å². The Labute approximate surface area is 37.0 Å². The highest BCUT2D eigenvalue weighted by atomic mass is 28.1. The molecule has 0 aromatic rings. The van der Waals surface area contributed by atoms with Gasteiger partial charge in [-0.2, -0.15) is 0 Å². The van der Waals surface area contributed by atoms with Gasteiger partial charge in [0.05, 0.1) is 0 Å². The van der Waals surface area contributed by atoms with Gasteiger partial charge in [0.15, 0.2) is 0 Å². The Balaban J connectivity index is 3.02. The first-order chi connectivity index (χ1) is 2.00. The van der Waals surface area contributed by atoms with Gasteiger partial charge in [0.2, 0.25) is 0 Å². The first-order valence-electron chi connectivity index (χ1n) is 1.85. The van der Waals surface area contributed by atoms with E-state index in [1.807, 2.05) is 10.2 Å². The molecule has 0 aliphatic carbocycles. The van der Waals surface area contributed by atoms with Crippen LogP contribution in [0.3, 0.4) is 0 Å². The van der Waals surface area contributed by atoms with E-state index in [9.17, 15) is 0 Å². The van der Waals surface area contributed by atoms with E-state index in [0.29, 0.717) is 5.04 Å². The lowest BCUT2D eigenvalue weighted by atomic mass is 10.3. The van der Waals surface area contributed by atoms with E-state index in [0.717, 1.165) is 0 Å². The van der Waals surface area contributed by atoms with E-state index in [1.165, 1.54) is 0 Å². The second-order valence-corrected chi connectivity index (χ2v) is 4.68. The molecule has 31 valence electrons. The maximum Gasteiger partial charge on any atom is 0.0152 e. The molecule has 0 saturated heterocycles. The van der Waals surface area contributed by atoms with Crippen molar-refractivity contribution in [3.05, 3.63) is 0 Å². The van der Waals surface area contributed by atoms with Crippen molar-refractivity contribution in [1.29, 1.82) is 0 Å². The van der Waals surface area contributed by atoms with E-state index < -0.39 is 0 Å². The van der Waals surface area contributed by atoms with Gasteiger partial charge in [-0.1, -0.05) is 25.8 Å². The highest BCUT2D eigenvalue weighted by Crippen LogP contribution is 2.13. The second kappa shape index (κ2) is 1.13. The molecule has 0 aromatic carbocycles. The van der Waals surface area contributed by atoms with E-state index in [4.69, 9.17) is 0 Å². The summed E-state index contributed by atoms with van der Waals surface area (Å²) in [7, 11) is 2.01. The van der Waals surface area contributed by atoms with E-state index in [2.05, 4.69) is 20.8 Å². The Hall–Kier alpha value is 0.217. The van der Waals surface area contributed by atoms with Crippen LogP contribution in [-0.4, -0.2) is 10.2 Å². The van der Waals surface area contributed by atoms with Gasteiger partial charge in [0.1, 0.15) is 0 Å². The molecule has 0 atom stereocenters. The van der Waals surface area contributed by atoms with Gasteiger partial charge in [0, 0.05) is 10.2 Å². The lowest BCUT2D eigenvalue weighted by molar-refractivity contribution is 0.767. The van der Waals surface area contributed by atoms with Crippen LogP contribution in [0.2, 0.25) is 5.04 Å². The molecule has 5 heavy (non-hydrogen) atoms. The summed E-state index contributed by atoms with van der Waals surface area (Å²) in [5, 5.41) is 0.528. The van der Waals surface area contributed by atoms with Gasteiger partial charge < -0.3 is 0 Å². The van der Waals surface area contributed by atoms with Gasteiger partial charge in [-0.15, -0.1) is 0 Å². The van der Waals surface area contributed by atoms with Crippen molar-refractivity contribution in [3.8, 4) is 0 Å². The molecule has 0 bridgehead atoms. The molecular weight excluding hydrogens is 76.1 g/mol. The Bertz CT molecular complexity index is 19.1. The first-order valence-corrected chi connectivity index (χ1v) is 2.56. The zero-order valence-electron chi connectivity index (χ0n) is 4.21. The smallest absolute Gasteiger partial charge is 0.0152 e. The summed E-state index contributed by atoms with van der Waals surface area (Å²) in [4.78, 5) is 0. The summed E-state index contributed by atoms with van der Waals surface area (Å²) in [5.74, 6) is 0. The van der Waals surface area contributed by atoms with Crippen molar-refractivity contribution in [2.45, 2.75) is 25.8 Å². The van der Waals surface area contributed by atoms with Gasteiger partial charge in [-0.05, 0) is 0 Å². The molecule has 0 N–H and O–H groups in total. The molecule has 0 amide bonds. The van der Waals surface area contributed by atoms with Gasteiger partial charge >= 0.3 is 0 Å². The minimum Gasteiger partial charge on any atom is -0.0634 e. The van der Waals surface area contributed by atoms with Crippen LogP contribution >= 0.6 is 0 Å². The van der Waals surface area contributed by atoms with Crippen LogP contribution in [0.15, 0.2) is 0 Å². The van der Waals surface area contributed by atoms with E-state index in [1.54, 1.807) is 0 Å². The average Bonchev–Trinajstić information content (AvgIpc) is 0.722. The summed E-state index contributed by atoms with van der Waals surface area (Å²) in [6.07, 6.45) is 0. The monoisotopic (exact) mass is 87.1 g/mol. The number of rotatable bonds is 0. The normalized spacial score (nSPS) is 12.0. The van der Waals surface area contributed by atoms with Crippen molar-refractivity contribution in [2.75, 3.05) is 0 Å². The van der Waals surface area contributed by atoms with Crippen LogP contribution in [0.5, 0.6) is 0 Å². The molecule has 1 radical (unpaired) electrons. The quantitative estimate of drug-likeness (QED) is 0.384. The highest BCUT2D eigenvalue weighted by molar-refractivity contribution is 6.14. The molecule has 0 aromatic heterocycles. The maximum absolute atomic E-state index is 2.20. The summed E-state index contributed by atoms with van der Waals surface area (Å²) in [6, 6.07) is 0. The zero-order chi connectivity index (χ0) is 4.50. The lowest BCUT2D eigenvalue weighted by Gasteiger charge is -2.05. The van der Waals surface area contributed by atoms with Gasteiger partial charge in [0.25, 0.3) is 0 Å². The molecule has 0 heterocycles. The molecule has 0 saturated carbocycles. The summed E-state index contributed by atoms with van der Waals surface area (Å²) in [6.45, 7) is 6.60. The second-order valence-electron chi connectivity index (χ2n) is 2.56. The van der Waals surface area contributed by atoms with E-state index >= 15 is 0 Å². The molecule has 0 spiro atoms. The van der Waals surface area contributed by atoms with Crippen molar-refractivity contribution in [2.24, 2.45) is 0 Å². The third kappa shape index (κ3) is 441. The fourth-order valence-corrected chi connectivity index (χ4v) is 0. The molecule has 0 aliphatic rings. The molecule has 0 fully saturated rings. The fraction of sp³-hybridized carbons (Fsp3) is 1.00. The average molecular weight is 87.2 g/mol. The highest BCUT2D eigenvalue weighted by Gasteiger charge is 1.95. The molecular formula is C4H11Si. The summed E-state index contributed by atoms with van der Waals surface area (Å²) < 4.78 is 0. The van der Waals surface area contributed by atoms with Gasteiger partial charge in [-0.3, -0.25) is 0 Å². The Morgan fingerprint density at radius 1 is 1.20 bits per heavy atom. The zero-order valence-corrected chi connectivity index (χ0v) is 5.62. The largest absolute Gasteiger partial charge is 0.0634 e. The van der Waals surface area contributed by atoms with E-state index in [-0.39, 0.29) is 0 Å². The topological polar surface area (TPSA) is 0 Å². The first kappa shape index (κ1) is 5.22. The van der Waals surface area contributed by atoms with Crippen LogP contribution in [0.1, 0.15) is 20.8 Å². The van der Waals surface area contributed by atoms with Crippen LogP contribution in [0.25, 0.3) is 0 Å². The Morgan fingerprint density at radius 2 is 1.20 bits per heavy atom. The number of hydrogen-bond donors (Lipinski definition) is 0. The summed E-state index contributed by atoms with van der Waals surface area (Å²) >= 11 is 0. The fourth-order valence-electron chi connectivity index (χ4n) is 0. The maximum atomic E-state index is 2.20. The van der Waals surface area contributed by atoms with Crippen LogP contribution in [0.4, 0.5) is 0 Å². The Kier molecular flexibility index (Phi) is 1.18. The third-order valence-electron chi connectivity index (χ3n) is 0. The minimum absolute atomic E-state index is 0.528. The predicted octanol–water partition coefficient (Wildman–Crippen LogP) is 0.838. The standard InChI is InChI=1S/C4H11Si/c1-4(2,3)5/h5H2,1-3H3. The summed E-state index contributed by atoms with van der Waals surface area (Å²) in [5.41, 5.74) is 0. The van der Waals surface area contributed by atoms with Crippen molar-refractivity contribution in [3.63, 3.8) is 0 Å². The lowest BCUT2D eigenvalue weighted by Crippen LogP contribution is -1.90. The molecule has 0 aliphatic heterocycles. The molecule has 0 unspecified atom stereocenters. The molecule has 0 rings (SSSR count). The molecule has 1 heteroatoms. The van der Waals surface area contributed by atoms with Crippen molar-refractivity contribution < 1.29 is 0 Å². The van der Waals surface area contributed by atoms with Crippen LogP contribution < -0.4 is 0 Å². The third-order valence-corrected chi connectivity index (χ3v) is 0. The minimum atomic E-state index is 0.528. The number of hydrogen-bond acceptors (Lipinski definition) is 0. The SMILES string of the molecule is CC(C)(C)[SiH2]. The Morgan fingerprint density at radius 3 is 1.20 bits per heavy atom. The molecule has 0 nitrogen and oxygen atoms in total. The van der Waals surface area contributed by atoms with Crippen molar-refractivity contribution >= 4 is 10.2 Å².